The van der Waals surface area contributed by atoms with Crippen LogP contribution in [0.3, 0.4) is 0 Å². The van der Waals surface area contributed by atoms with E-state index in [9.17, 15) is 0 Å². The third kappa shape index (κ3) is 15.2. The van der Waals surface area contributed by atoms with Gasteiger partial charge in [-0.1, -0.05) is 413 Å². The zero-order valence-electron chi connectivity index (χ0n) is 77.3. The van der Waals surface area contributed by atoms with Gasteiger partial charge in [0.15, 0.2) is 0 Å². The zero-order chi connectivity index (χ0) is 95.1. The lowest BCUT2D eigenvalue weighted by atomic mass is 9.99. The van der Waals surface area contributed by atoms with Crippen LogP contribution in [-0.2, 0) is 0 Å². The number of anilines is 8. The summed E-state index contributed by atoms with van der Waals surface area (Å²) < 4.78 is 63.8. The SMILES string of the molecule is C1=Cc2ccccc2N(p2oc3ccc4ccccc4c3c3c(ccc4ccccc43)o2)c2ccccc21.C1=Cc2ccccc2N(p2oc3ccc4ccccc4c3c3c(ccc4ccccc43)o2)c2ccccc21.C1=Cc2ccccc2N(p2oc3ccc4ccccc4c3c3c(ccc4ccccc43)o2)c2ccccc21.C1=Cc2ccccc2N(p2oc3ccccc3c3ccccc3o2)c2ccccc21. The lowest BCUT2D eigenvalue weighted by Gasteiger charge is -2.23. The molecule has 16 heteroatoms. The molecule has 0 bridgehead atoms. The second kappa shape index (κ2) is 36.4. The Labute approximate surface area is 831 Å². The summed E-state index contributed by atoms with van der Waals surface area (Å²) in [7, 11) is -6.28. The quantitative estimate of drug-likeness (QED) is 0.167. The zero-order valence-corrected chi connectivity index (χ0v) is 80.9. The van der Waals surface area contributed by atoms with Gasteiger partial charge in [-0.15, -0.1) is 0 Å². The van der Waals surface area contributed by atoms with Crippen molar-refractivity contribution >= 4 is 279 Å². The van der Waals surface area contributed by atoms with Crippen LogP contribution >= 0.6 is 32.7 Å². The van der Waals surface area contributed by atoms with E-state index in [-0.39, 0.29) is 0 Å². The van der Waals surface area contributed by atoms with Crippen molar-refractivity contribution in [3.63, 3.8) is 0 Å². The molecule has 12 nitrogen and oxygen atoms in total. The summed E-state index contributed by atoms with van der Waals surface area (Å²) in [5.74, 6) is 0. The van der Waals surface area contributed by atoms with Gasteiger partial charge < -0.3 is 33.6 Å². The molecule has 4 aromatic heterocycles. The van der Waals surface area contributed by atoms with E-state index < -0.39 is 32.7 Å². The number of hydrogen-bond donors (Lipinski definition) is 0. The van der Waals surface area contributed by atoms with Gasteiger partial charge in [0, 0.05) is 43.1 Å². The van der Waals surface area contributed by atoms with Crippen LogP contribution in [0.25, 0.3) is 201 Å². The molecule has 0 saturated heterocycles. The molecule has 0 fully saturated rings. The highest BCUT2D eigenvalue weighted by Gasteiger charge is 2.31. The number of fused-ring (bicyclic) bond motifs is 32. The molecule has 0 radical (unpaired) electrons. The molecule has 0 atom stereocenters. The molecule has 0 unspecified atom stereocenters. The van der Waals surface area contributed by atoms with E-state index in [0.29, 0.717) is 0 Å². The fourth-order valence-electron chi connectivity index (χ4n) is 20.6. The number of rotatable bonds is 4. The molecule has 0 saturated carbocycles. The summed E-state index contributed by atoms with van der Waals surface area (Å²) in [4.78, 5) is 0. The number of para-hydroxylation sites is 10. The van der Waals surface area contributed by atoms with Gasteiger partial charge >= 0.3 is 32.7 Å². The van der Waals surface area contributed by atoms with Crippen molar-refractivity contribution in [1.29, 1.82) is 0 Å². The third-order valence-corrected chi connectivity index (χ3v) is 33.2. The van der Waals surface area contributed by atoms with Crippen LogP contribution in [0, 0.1) is 0 Å². The summed E-state index contributed by atoms with van der Waals surface area (Å²) in [6, 6.07) is 160. The first kappa shape index (κ1) is 85.4. The fraction of sp³-hybridized carbons (Fsp3) is 0. The van der Waals surface area contributed by atoms with Crippen molar-refractivity contribution in [3.05, 3.63) is 506 Å². The first-order valence-corrected chi connectivity index (χ1v) is 52.5. The molecule has 30 rings (SSSR count). The number of benzene rings is 22. The molecule has 22 aromatic carbocycles. The Morgan fingerprint density at radius 3 is 0.438 bits per heavy atom. The largest absolute Gasteiger partial charge is 0.404 e. The smallest absolute Gasteiger partial charge is 0.346 e. The number of hydrogen-bond acceptors (Lipinski definition) is 12. The third-order valence-electron chi connectivity index (χ3n) is 27.3. The maximum atomic E-state index is 6.95. The fourth-order valence-corrected chi connectivity index (χ4v) is 26.9. The molecule has 0 amide bonds. The summed E-state index contributed by atoms with van der Waals surface area (Å²) in [6.45, 7) is 0. The van der Waals surface area contributed by atoms with Crippen molar-refractivity contribution in [3.8, 4) is 0 Å². The molecule has 0 N–H and O–H groups in total. The highest BCUT2D eigenvalue weighted by Crippen LogP contribution is 2.57. The van der Waals surface area contributed by atoms with Crippen molar-refractivity contribution in [2.75, 3.05) is 18.7 Å². The lowest BCUT2D eigenvalue weighted by molar-refractivity contribution is 0.639. The average Bonchev–Trinajstić information content (AvgIpc) is 1.58. The Kier molecular flexibility index (Phi) is 21.6. The molecule has 0 spiro atoms. The summed E-state index contributed by atoms with van der Waals surface area (Å²) >= 11 is 0. The predicted octanol–water partition coefficient (Wildman–Crippen LogP) is 40.4. The normalized spacial score (nSPS) is 12.6. The van der Waals surface area contributed by atoms with Crippen molar-refractivity contribution < 1.29 is 33.6 Å². The molecule has 8 heterocycles. The van der Waals surface area contributed by atoms with Gasteiger partial charge in [-0.3, -0.25) is 0 Å². The van der Waals surface area contributed by atoms with Crippen LogP contribution in [-0.4, -0.2) is 0 Å². The van der Waals surface area contributed by atoms with Gasteiger partial charge in [0.25, 0.3) is 0 Å². The second-order valence-electron chi connectivity index (χ2n) is 35.7. The van der Waals surface area contributed by atoms with E-state index in [1.807, 2.05) is 36.4 Å². The molecule has 4 aliphatic heterocycles. The van der Waals surface area contributed by atoms with Crippen molar-refractivity contribution in [2.45, 2.75) is 0 Å². The Balaban J connectivity index is 0.0000000960. The Morgan fingerprint density at radius 1 is 0.118 bits per heavy atom. The molecule has 0 aliphatic carbocycles. The van der Waals surface area contributed by atoms with Gasteiger partial charge in [0.1, 0.15) is 44.7 Å². The maximum absolute atomic E-state index is 6.95. The first-order valence-electron chi connectivity index (χ1n) is 48.0. The van der Waals surface area contributed by atoms with E-state index in [0.717, 1.165) is 210 Å². The lowest BCUT2D eigenvalue weighted by Crippen LogP contribution is -2.07. The van der Waals surface area contributed by atoms with Crippen LogP contribution < -0.4 is 18.7 Å². The van der Waals surface area contributed by atoms with E-state index in [1.165, 1.54) is 32.3 Å². The average molecular weight is 1930 g/mol. The highest BCUT2D eigenvalue weighted by atomic mass is 31.1. The molecule has 144 heavy (non-hydrogen) atoms. The Hall–Kier alpha value is -17.8. The van der Waals surface area contributed by atoms with Gasteiger partial charge in [-0.25, -0.2) is 18.7 Å². The monoisotopic (exact) mass is 1930 g/mol. The van der Waals surface area contributed by atoms with Crippen LogP contribution in [0.5, 0.6) is 0 Å². The second-order valence-corrected chi connectivity index (χ2v) is 40.6. The predicted molar refractivity (Wildman–Crippen MR) is 608 cm³/mol. The van der Waals surface area contributed by atoms with Crippen molar-refractivity contribution in [1.82, 2.24) is 0 Å². The standard InChI is InChI=1S/3C34H22NO2P.C26H18NO2P/c3*1-5-13-27-23(9-1)19-21-31-33(27)34-28-14-6-2-10-24(28)20-22-32(34)37-38(36-31)35-29-15-7-3-11-25(29)17-18-26-12-4-8-16-30(26)35;1-5-13-23-19(9-1)17-18-20-10-2-6-14-24(20)27(23)30-28-25-15-7-3-11-21(25)22-12-4-8-16-26(22)29-30/h3*1-22H;1-18H. The van der Waals surface area contributed by atoms with E-state index in [2.05, 4.69) is 492 Å². The van der Waals surface area contributed by atoms with Gasteiger partial charge in [0.2, 0.25) is 0 Å². The minimum atomic E-state index is -1.60. The minimum Gasteiger partial charge on any atom is -0.404 e. The molecular formula is C128H84N4O8P4. The first-order chi connectivity index (χ1) is 71.4. The van der Waals surface area contributed by atoms with E-state index in [4.69, 9.17) is 33.6 Å². The highest BCUT2D eigenvalue weighted by molar-refractivity contribution is 7.41. The van der Waals surface area contributed by atoms with Crippen LogP contribution in [0.2, 0.25) is 0 Å². The maximum Gasteiger partial charge on any atom is 0.346 e. The van der Waals surface area contributed by atoms with Crippen LogP contribution in [0.15, 0.2) is 495 Å². The minimum absolute atomic E-state index is 0.831. The summed E-state index contributed by atoms with van der Waals surface area (Å²) in [6.07, 6.45) is 17.3. The summed E-state index contributed by atoms with van der Waals surface area (Å²) in [5.41, 5.74) is 24.2. The van der Waals surface area contributed by atoms with E-state index >= 15 is 0 Å². The number of nitrogens with zero attached hydrogens (tertiary/aromatic N) is 4. The Bertz CT molecular complexity index is 8780. The summed E-state index contributed by atoms with van der Waals surface area (Å²) in [5, 5.41) is 22.5. The molecular weight excluding hydrogens is 1850 g/mol. The van der Waals surface area contributed by atoms with Crippen LogP contribution in [0.4, 0.5) is 45.5 Å². The van der Waals surface area contributed by atoms with Crippen molar-refractivity contribution in [2.24, 2.45) is 0 Å². The van der Waals surface area contributed by atoms with Gasteiger partial charge in [-0.2, -0.15) is 0 Å². The topological polar surface area (TPSA) is 118 Å². The molecule has 26 aromatic rings. The Morgan fingerprint density at radius 2 is 0.257 bits per heavy atom. The van der Waals surface area contributed by atoms with Gasteiger partial charge in [0.05, 0.1) is 45.5 Å². The molecule has 4 aliphatic rings. The van der Waals surface area contributed by atoms with Crippen LogP contribution in [0.1, 0.15) is 44.5 Å². The molecule has 684 valence electrons. The van der Waals surface area contributed by atoms with E-state index in [1.54, 1.807) is 0 Å². The van der Waals surface area contributed by atoms with Gasteiger partial charge in [-0.05, 0) is 206 Å².